The Kier molecular flexibility index (Phi) is 6.67. The second-order valence-electron chi connectivity index (χ2n) is 11.1. The Labute approximate surface area is 220 Å². The zero-order valence-corrected chi connectivity index (χ0v) is 21.4. The number of fused-ring (bicyclic) bond motifs is 2. The predicted molar refractivity (Wildman–Crippen MR) is 132 cm³/mol. The maximum absolute atomic E-state index is 16.1. The summed E-state index contributed by atoms with van der Waals surface area (Å²) in [6.07, 6.45) is 7.08. The molecule has 9 unspecified atom stereocenters. The van der Waals surface area contributed by atoms with E-state index >= 15 is 4.39 Å². The predicted octanol–water partition coefficient (Wildman–Crippen LogP) is 1.11. The summed E-state index contributed by atoms with van der Waals surface area (Å²) in [5.41, 5.74) is 6.50. The molecule has 1 aromatic rings. The minimum atomic E-state index is -1.30. The van der Waals surface area contributed by atoms with Crippen molar-refractivity contribution in [1.82, 2.24) is 19.8 Å². The van der Waals surface area contributed by atoms with Crippen LogP contribution in [0.15, 0.2) is 30.4 Å². The van der Waals surface area contributed by atoms with Crippen LogP contribution in [0.4, 0.5) is 4.39 Å². The number of primary amides is 1. The van der Waals surface area contributed by atoms with Gasteiger partial charge in [-0.3, -0.25) is 24.5 Å². The van der Waals surface area contributed by atoms with E-state index in [-0.39, 0.29) is 54.3 Å². The number of esters is 1. The first-order valence-corrected chi connectivity index (χ1v) is 13.7. The Bertz CT molecular complexity index is 1130. The van der Waals surface area contributed by atoms with Crippen molar-refractivity contribution in [3.05, 3.63) is 36.1 Å². The molecule has 2 saturated heterocycles. The van der Waals surface area contributed by atoms with Crippen LogP contribution in [0.1, 0.15) is 50.6 Å². The molecule has 1 amide bonds. The van der Waals surface area contributed by atoms with Crippen molar-refractivity contribution in [1.29, 1.82) is 0 Å². The largest absolute Gasteiger partial charge is 0.462 e. The lowest BCUT2D eigenvalue weighted by Crippen LogP contribution is -2.73. The third kappa shape index (κ3) is 4.20. The number of carbonyl (C=O) groups excluding carboxylic acids is 3. The van der Waals surface area contributed by atoms with Crippen molar-refractivity contribution < 1.29 is 28.2 Å². The lowest BCUT2D eigenvalue weighted by Gasteiger charge is -2.60. The summed E-state index contributed by atoms with van der Waals surface area (Å²) in [5, 5.41) is 0. The van der Waals surface area contributed by atoms with Gasteiger partial charge in [0.1, 0.15) is 11.7 Å². The molecule has 5 aliphatic rings. The van der Waals surface area contributed by atoms with Gasteiger partial charge in [-0.25, -0.2) is 9.18 Å². The Hall–Kier alpha value is -2.92. The van der Waals surface area contributed by atoms with Crippen LogP contribution in [-0.2, 0) is 23.9 Å². The van der Waals surface area contributed by atoms with Crippen LogP contribution < -0.4 is 5.73 Å². The molecule has 6 rings (SSSR count). The van der Waals surface area contributed by atoms with Gasteiger partial charge in [-0.15, -0.1) is 0 Å². The van der Waals surface area contributed by atoms with Crippen molar-refractivity contribution >= 4 is 17.7 Å². The van der Waals surface area contributed by atoms with E-state index < -0.39 is 36.2 Å². The molecule has 1 aromatic heterocycles. The number of likely N-dealkylation sites (tertiary alicyclic amines) is 1. The Morgan fingerprint density at radius 3 is 2.79 bits per heavy atom. The first-order chi connectivity index (χ1) is 18.4. The molecule has 0 radical (unpaired) electrons. The number of rotatable bonds is 5. The number of Topliss-reactive ketones (excluding diaryl/α,β-unsaturated/α-hetero) is 1. The normalized spacial score (nSPS) is 38.7. The summed E-state index contributed by atoms with van der Waals surface area (Å²) >= 11 is 0. The average molecular weight is 528 g/mol. The molecule has 11 heteroatoms. The van der Waals surface area contributed by atoms with Crippen molar-refractivity contribution in [2.75, 3.05) is 19.7 Å². The van der Waals surface area contributed by atoms with E-state index in [9.17, 15) is 14.4 Å². The van der Waals surface area contributed by atoms with Crippen LogP contribution in [0, 0.1) is 11.8 Å². The van der Waals surface area contributed by atoms with Crippen molar-refractivity contribution in [3.63, 3.8) is 0 Å². The molecule has 38 heavy (non-hydrogen) atoms. The number of nitrogens with zero attached hydrogens (tertiary/aromatic N) is 4. The molecule has 0 aromatic carbocycles. The summed E-state index contributed by atoms with van der Waals surface area (Å²) in [6, 6.07) is -1.19. The lowest BCUT2D eigenvalue weighted by atomic mass is 9.68. The van der Waals surface area contributed by atoms with Crippen LogP contribution in [0.3, 0.4) is 0 Å². The highest BCUT2D eigenvalue weighted by atomic mass is 19.1. The second kappa shape index (κ2) is 10.00. The maximum Gasteiger partial charge on any atom is 0.343 e. The summed E-state index contributed by atoms with van der Waals surface area (Å²) in [7, 11) is 0. The zero-order chi connectivity index (χ0) is 26.6. The third-order valence-corrected chi connectivity index (χ3v) is 9.17. The minimum Gasteiger partial charge on any atom is -0.462 e. The van der Waals surface area contributed by atoms with Gasteiger partial charge in [0, 0.05) is 49.1 Å². The van der Waals surface area contributed by atoms with Crippen LogP contribution in [0.5, 0.6) is 0 Å². The molecular weight excluding hydrogens is 493 g/mol. The topological polar surface area (TPSA) is 128 Å². The molecule has 0 spiro atoms. The van der Waals surface area contributed by atoms with Gasteiger partial charge in [-0.05, 0) is 45.6 Å². The third-order valence-electron chi connectivity index (χ3n) is 9.17. The van der Waals surface area contributed by atoms with Crippen molar-refractivity contribution in [3.8, 4) is 0 Å². The van der Waals surface area contributed by atoms with Crippen LogP contribution in [0.25, 0.3) is 0 Å². The Balaban J connectivity index is 1.34. The number of ether oxygens (including phenoxy) is 2. The first-order valence-electron chi connectivity index (χ1n) is 13.7. The quantitative estimate of drug-likeness (QED) is 0.442. The highest BCUT2D eigenvalue weighted by molar-refractivity contribution is 6.18. The number of alkyl halides is 1. The van der Waals surface area contributed by atoms with E-state index in [0.717, 1.165) is 12.1 Å². The number of hydrogen-bond donors (Lipinski definition) is 1. The average Bonchev–Trinajstić information content (AvgIpc) is 3.40. The van der Waals surface area contributed by atoms with E-state index in [1.54, 1.807) is 31.7 Å². The Morgan fingerprint density at radius 1 is 1.21 bits per heavy atom. The standard InChI is InChI=1S/C27H34FN5O5/c1-2-37-27(36)17-13-33-20-9-14(26(29)35)3-4-21(20)38-25-22(33)16(24(17)34)10-18(28)23(25)32-8-5-15(12-32)19-11-30-6-7-31-19/h6-7,11,13-16,18,20-23,25H,2-5,8-10,12H2,1H3,(H2,29,35). The highest BCUT2D eigenvalue weighted by Gasteiger charge is 2.60. The van der Waals surface area contributed by atoms with Gasteiger partial charge < -0.3 is 20.1 Å². The lowest BCUT2D eigenvalue weighted by molar-refractivity contribution is -0.213. The van der Waals surface area contributed by atoms with E-state index in [0.29, 0.717) is 32.4 Å². The number of aromatic nitrogens is 2. The molecular formula is C27H34FN5O5. The van der Waals surface area contributed by atoms with E-state index in [4.69, 9.17) is 15.2 Å². The van der Waals surface area contributed by atoms with Gasteiger partial charge >= 0.3 is 5.97 Å². The molecule has 2 N–H and O–H groups in total. The van der Waals surface area contributed by atoms with Gasteiger partial charge in [-0.1, -0.05) is 0 Å². The molecule has 9 atom stereocenters. The van der Waals surface area contributed by atoms with E-state index in [2.05, 4.69) is 14.9 Å². The fraction of sp³-hybridized carbons (Fsp3) is 0.667. The number of amides is 1. The van der Waals surface area contributed by atoms with Gasteiger partial charge in [-0.2, -0.15) is 0 Å². The summed E-state index contributed by atoms with van der Waals surface area (Å²) < 4.78 is 28.0. The summed E-state index contributed by atoms with van der Waals surface area (Å²) in [6.45, 7) is 3.14. The number of nitrogens with two attached hydrogens (primary N) is 1. The van der Waals surface area contributed by atoms with Gasteiger partial charge in [0.25, 0.3) is 0 Å². The van der Waals surface area contributed by atoms with Crippen molar-refractivity contribution in [2.24, 2.45) is 17.6 Å². The first kappa shape index (κ1) is 25.4. The number of hydrogen-bond acceptors (Lipinski definition) is 9. The number of ketones is 1. The molecule has 2 saturated carbocycles. The molecule has 3 aliphatic heterocycles. The molecule has 2 aliphatic carbocycles. The SMILES string of the molecule is CCOC(=O)C1=CN2C3CC(C(N)=O)CCC3OC3C(N4CCC(c5cnccn5)C4)C(F)CC(C1=O)C32. The molecule has 4 fully saturated rings. The van der Waals surface area contributed by atoms with Crippen LogP contribution >= 0.6 is 0 Å². The van der Waals surface area contributed by atoms with Gasteiger partial charge in [0.05, 0.1) is 42.6 Å². The number of carbonyl (C=O) groups is 3. The molecule has 0 bridgehead atoms. The number of halogens is 1. The number of morpholine rings is 1. The monoisotopic (exact) mass is 527 g/mol. The van der Waals surface area contributed by atoms with Gasteiger partial charge in [0.2, 0.25) is 5.91 Å². The highest BCUT2D eigenvalue weighted by Crippen LogP contribution is 2.48. The second-order valence-corrected chi connectivity index (χ2v) is 11.1. The minimum absolute atomic E-state index is 0.00418. The molecule has 204 valence electrons. The van der Waals surface area contributed by atoms with Crippen molar-refractivity contribution in [2.45, 2.75) is 81.5 Å². The zero-order valence-electron chi connectivity index (χ0n) is 21.4. The van der Waals surface area contributed by atoms with E-state index in [1.807, 2.05) is 4.90 Å². The smallest absolute Gasteiger partial charge is 0.343 e. The fourth-order valence-electron chi connectivity index (χ4n) is 7.45. The van der Waals surface area contributed by atoms with Gasteiger partial charge in [0.15, 0.2) is 5.78 Å². The van der Waals surface area contributed by atoms with Crippen LogP contribution in [0.2, 0.25) is 0 Å². The summed E-state index contributed by atoms with van der Waals surface area (Å²) in [4.78, 5) is 51.2. The van der Waals surface area contributed by atoms with Crippen LogP contribution in [-0.4, -0.2) is 93.6 Å². The Morgan fingerprint density at radius 2 is 2.05 bits per heavy atom. The fourth-order valence-corrected chi connectivity index (χ4v) is 7.45. The summed E-state index contributed by atoms with van der Waals surface area (Å²) in [5.74, 6) is -2.34. The molecule has 4 heterocycles. The maximum atomic E-state index is 16.1. The van der Waals surface area contributed by atoms with E-state index in [1.165, 1.54) is 0 Å². The molecule has 10 nitrogen and oxygen atoms in total.